The Balaban J connectivity index is 1.44. The van der Waals surface area contributed by atoms with Gasteiger partial charge in [0.2, 0.25) is 6.29 Å². The number of hydroxylamine groups is 2. The molecule has 2 atom stereocenters. The maximum absolute atomic E-state index is 12.8. The predicted octanol–water partition coefficient (Wildman–Crippen LogP) is 0.920. The second-order valence-electron chi connectivity index (χ2n) is 6.03. The first-order chi connectivity index (χ1) is 13.0. The standard InChI is InChI=1S/C20H19FN2O4/c21-17-9-7-14(8-10-17)4-3-11-22-19(25)18(24)20(26)27-23-12-15-5-1-2-6-16(15)13-23/h1-2,5-10,18,20,24,26H,11-13H2,(H,22,25)/t18-,20-/m0/s1. The number of halogens is 1. The number of nitrogens with one attached hydrogen (secondary N) is 1. The van der Waals surface area contributed by atoms with Crippen molar-refractivity contribution in [3.05, 3.63) is 71.0 Å². The topological polar surface area (TPSA) is 82.0 Å². The predicted molar refractivity (Wildman–Crippen MR) is 95.1 cm³/mol. The molecule has 1 aliphatic heterocycles. The second kappa shape index (κ2) is 8.75. The Kier molecular flexibility index (Phi) is 6.16. The third kappa shape index (κ3) is 5.12. The molecule has 2 aromatic rings. The van der Waals surface area contributed by atoms with Crippen molar-refractivity contribution in [1.29, 1.82) is 0 Å². The van der Waals surface area contributed by atoms with Gasteiger partial charge in [0.05, 0.1) is 6.54 Å². The number of aliphatic hydroxyl groups is 2. The molecule has 0 spiro atoms. The molecule has 0 radical (unpaired) electrons. The first-order valence-electron chi connectivity index (χ1n) is 8.40. The van der Waals surface area contributed by atoms with E-state index in [1.807, 2.05) is 24.3 Å². The van der Waals surface area contributed by atoms with Crippen LogP contribution in [0.1, 0.15) is 16.7 Å². The van der Waals surface area contributed by atoms with Gasteiger partial charge in [-0.25, -0.2) is 4.39 Å². The highest BCUT2D eigenvalue weighted by Crippen LogP contribution is 2.23. The van der Waals surface area contributed by atoms with Crippen molar-refractivity contribution in [3.8, 4) is 11.8 Å². The van der Waals surface area contributed by atoms with Gasteiger partial charge in [-0.1, -0.05) is 36.1 Å². The smallest absolute Gasteiger partial charge is 0.255 e. The summed E-state index contributed by atoms with van der Waals surface area (Å²) in [6.45, 7) is 0.893. The van der Waals surface area contributed by atoms with E-state index >= 15 is 0 Å². The van der Waals surface area contributed by atoms with E-state index in [1.165, 1.54) is 29.3 Å². The zero-order valence-electron chi connectivity index (χ0n) is 14.4. The lowest BCUT2D eigenvalue weighted by Crippen LogP contribution is -2.45. The summed E-state index contributed by atoms with van der Waals surface area (Å²) in [6.07, 6.45) is -3.44. The van der Waals surface area contributed by atoms with Crippen molar-refractivity contribution in [2.75, 3.05) is 6.54 Å². The van der Waals surface area contributed by atoms with Crippen molar-refractivity contribution in [3.63, 3.8) is 0 Å². The number of fused-ring (bicyclic) bond motifs is 1. The van der Waals surface area contributed by atoms with E-state index in [1.54, 1.807) is 0 Å². The van der Waals surface area contributed by atoms with E-state index in [0.717, 1.165) is 11.1 Å². The fraction of sp³-hybridized carbons (Fsp3) is 0.250. The number of amides is 1. The largest absolute Gasteiger partial charge is 0.378 e. The summed E-state index contributed by atoms with van der Waals surface area (Å²) in [5.41, 5.74) is 2.74. The molecule has 3 rings (SSSR count). The van der Waals surface area contributed by atoms with E-state index in [-0.39, 0.29) is 12.4 Å². The molecule has 1 heterocycles. The van der Waals surface area contributed by atoms with Crippen molar-refractivity contribution >= 4 is 5.91 Å². The van der Waals surface area contributed by atoms with Gasteiger partial charge in [-0.2, -0.15) is 5.06 Å². The highest BCUT2D eigenvalue weighted by Gasteiger charge is 2.29. The molecule has 0 bridgehead atoms. The lowest BCUT2D eigenvalue weighted by molar-refractivity contribution is -0.291. The van der Waals surface area contributed by atoms with E-state index in [0.29, 0.717) is 18.7 Å². The second-order valence-corrected chi connectivity index (χ2v) is 6.03. The van der Waals surface area contributed by atoms with Crippen molar-refractivity contribution < 1.29 is 24.2 Å². The number of carbonyl (C=O) groups excluding carboxylic acids is 1. The van der Waals surface area contributed by atoms with Gasteiger partial charge < -0.3 is 15.5 Å². The molecule has 1 amide bonds. The van der Waals surface area contributed by atoms with Crippen molar-refractivity contribution in [1.82, 2.24) is 10.4 Å². The quantitative estimate of drug-likeness (QED) is 0.539. The molecule has 3 N–H and O–H groups in total. The van der Waals surface area contributed by atoms with Gasteiger partial charge in [0.1, 0.15) is 5.82 Å². The fourth-order valence-electron chi connectivity index (χ4n) is 2.63. The fourth-order valence-corrected chi connectivity index (χ4v) is 2.63. The number of carbonyl (C=O) groups is 1. The summed E-state index contributed by atoms with van der Waals surface area (Å²) in [5, 5.41) is 23.7. The van der Waals surface area contributed by atoms with Gasteiger partial charge in [0.15, 0.2) is 6.10 Å². The van der Waals surface area contributed by atoms with Crippen molar-refractivity contribution in [2.24, 2.45) is 0 Å². The maximum Gasteiger partial charge on any atom is 0.255 e. The van der Waals surface area contributed by atoms with Crippen LogP contribution in [0.5, 0.6) is 0 Å². The number of nitrogens with zero attached hydrogens (tertiary/aromatic N) is 1. The van der Waals surface area contributed by atoms with Gasteiger partial charge in [-0.05, 0) is 35.4 Å². The molecule has 27 heavy (non-hydrogen) atoms. The Morgan fingerprint density at radius 3 is 2.41 bits per heavy atom. The first kappa shape index (κ1) is 19.0. The average molecular weight is 370 g/mol. The summed E-state index contributed by atoms with van der Waals surface area (Å²) >= 11 is 0. The van der Waals surface area contributed by atoms with Crippen LogP contribution in [0.4, 0.5) is 4.39 Å². The van der Waals surface area contributed by atoms with E-state index < -0.39 is 18.3 Å². The molecule has 1 aliphatic rings. The molecule has 0 aliphatic carbocycles. The monoisotopic (exact) mass is 370 g/mol. The molecule has 0 aromatic heterocycles. The third-order valence-electron chi connectivity index (χ3n) is 4.04. The normalized spacial score (nSPS) is 15.4. The van der Waals surface area contributed by atoms with E-state index in [9.17, 15) is 19.4 Å². The number of benzene rings is 2. The summed E-state index contributed by atoms with van der Waals surface area (Å²) in [6, 6.07) is 13.3. The molecule has 0 saturated heterocycles. The summed E-state index contributed by atoms with van der Waals surface area (Å²) in [7, 11) is 0. The highest BCUT2D eigenvalue weighted by molar-refractivity contribution is 5.81. The summed E-state index contributed by atoms with van der Waals surface area (Å²) in [4.78, 5) is 17.2. The molecule has 6 nitrogen and oxygen atoms in total. The van der Waals surface area contributed by atoms with Crippen LogP contribution in [0.3, 0.4) is 0 Å². The Labute approximate surface area is 156 Å². The van der Waals surface area contributed by atoms with Crippen LogP contribution in [-0.2, 0) is 22.7 Å². The van der Waals surface area contributed by atoms with E-state index in [4.69, 9.17) is 4.84 Å². The van der Waals surface area contributed by atoms with Crippen LogP contribution in [0.2, 0.25) is 0 Å². The van der Waals surface area contributed by atoms with Crippen LogP contribution in [0, 0.1) is 17.7 Å². The summed E-state index contributed by atoms with van der Waals surface area (Å²) < 4.78 is 12.8. The molecule has 140 valence electrons. The zero-order valence-corrected chi connectivity index (χ0v) is 14.4. The Bertz CT molecular complexity index is 835. The minimum absolute atomic E-state index is 0.0326. The molecule has 0 unspecified atom stereocenters. The van der Waals surface area contributed by atoms with Crippen LogP contribution < -0.4 is 5.32 Å². The number of hydrogen-bond donors (Lipinski definition) is 3. The van der Waals surface area contributed by atoms with Crippen LogP contribution in [-0.4, -0.2) is 40.1 Å². The van der Waals surface area contributed by atoms with Gasteiger partial charge >= 0.3 is 0 Å². The average Bonchev–Trinajstić information content (AvgIpc) is 3.08. The molecular weight excluding hydrogens is 351 g/mol. The summed E-state index contributed by atoms with van der Waals surface area (Å²) in [5.74, 6) is 4.28. The first-order valence-corrected chi connectivity index (χ1v) is 8.40. The van der Waals surface area contributed by atoms with Gasteiger partial charge in [-0.15, -0.1) is 0 Å². The van der Waals surface area contributed by atoms with Gasteiger partial charge in [0, 0.05) is 18.7 Å². The molecule has 0 saturated carbocycles. The molecular formula is C20H19FN2O4. The SMILES string of the molecule is O=C(NCC#Cc1ccc(F)cc1)[C@H](O)[C@@H](O)ON1Cc2ccccc2C1. The van der Waals surface area contributed by atoms with Gasteiger partial charge in [-0.3, -0.25) is 9.63 Å². The minimum Gasteiger partial charge on any atom is -0.378 e. The minimum atomic E-state index is -1.75. The molecule has 2 aromatic carbocycles. The third-order valence-corrected chi connectivity index (χ3v) is 4.04. The van der Waals surface area contributed by atoms with Crippen molar-refractivity contribution in [2.45, 2.75) is 25.5 Å². The number of hydrogen-bond acceptors (Lipinski definition) is 5. The lowest BCUT2D eigenvalue weighted by Gasteiger charge is -2.22. The highest BCUT2D eigenvalue weighted by atomic mass is 19.1. The zero-order chi connectivity index (χ0) is 19.2. The molecule has 7 heteroatoms. The van der Waals surface area contributed by atoms with Crippen LogP contribution >= 0.6 is 0 Å². The van der Waals surface area contributed by atoms with Gasteiger partial charge in [0.25, 0.3) is 5.91 Å². The van der Waals surface area contributed by atoms with Crippen LogP contribution in [0.15, 0.2) is 48.5 Å². The Morgan fingerprint density at radius 2 is 1.78 bits per heavy atom. The number of aliphatic hydroxyl groups excluding tert-OH is 2. The Hall–Kier alpha value is -2.76. The number of rotatable bonds is 5. The maximum atomic E-state index is 12.8. The van der Waals surface area contributed by atoms with E-state index in [2.05, 4.69) is 17.2 Å². The lowest BCUT2D eigenvalue weighted by atomic mass is 10.1. The Morgan fingerprint density at radius 1 is 1.15 bits per heavy atom. The van der Waals surface area contributed by atoms with Crippen LogP contribution in [0.25, 0.3) is 0 Å². The molecule has 0 fully saturated rings.